The van der Waals surface area contributed by atoms with E-state index in [9.17, 15) is 14.4 Å². The lowest BCUT2D eigenvalue weighted by molar-refractivity contribution is -0.119. The first kappa shape index (κ1) is 26.3. The van der Waals surface area contributed by atoms with Crippen molar-refractivity contribution in [3.63, 3.8) is 0 Å². The third-order valence-electron chi connectivity index (χ3n) is 7.49. The molecule has 1 aliphatic rings. The first-order chi connectivity index (χ1) is 18.7. The Morgan fingerprint density at radius 2 is 1.56 bits per heavy atom. The Kier molecular flexibility index (Phi) is 7.29. The normalized spacial score (nSPS) is 14.9. The van der Waals surface area contributed by atoms with E-state index < -0.39 is 18.5 Å². The standard InChI is InChI=1S/C33H32N2O4/c1-33(2,3)23-15-18-28-26(19-23)30(25-11-7-8-12-27(25)35-28)32(38)39-20-29(36)34-24-16-13-22(14-17-24)31(37)21-9-5-4-6-10-21/h4-14,16-17,23H,15,18-20H2,1-3H3,(H,34,36). The van der Waals surface area contributed by atoms with Gasteiger partial charge in [-0.3, -0.25) is 14.6 Å². The monoisotopic (exact) mass is 520 g/mol. The first-order valence-electron chi connectivity index (χ1n) is 13.3. The fourth-order valence-electron chi connectivity index (χ4n) is 5.22. The van der Waals surface area contributed by atoms with Crippen molar-refractivity contribution < 1.29 is 19.1 Å². The Balaban J connectivity index is 1.29. The highest BCUT2D eigenvalue weighted by Gasteiger charge is 2.33. The van der Waals surface area contributed by atoms with Gasteiger partial charge in [-0.1, -0.05) is 69.3 Å². The van der Waals surface area contributed by atoms with E-state index in [1.165, 1.54) is 0 Å². The number of anilines is 1. The number of carbonyl (C=O) groups is 3. The molecular formula is C33H32N2O4. The van der Waals surface area contributed by atoms with E-state index >= 15 is 0 Å². The van der Waals surface area contributed by atoms with E-state index in [2.05, 4.69) is 26.1 Å². The summed E-state index contributed by atoms with van der Waals surface area (Å²) in [5.74, 6) is -0.646. The molecule has 1 heterocycles. The molecule has 5 rings (SSSR count). The van der Waals surface area contributed by atoms with Gasteiger partial charge in [0.2, 0.25) is 0 Å². The number of ketones is 1. The lowest BCUT2D eigenvalue weighted by Gasteiger charge is -2.35. The van der Waals surface area contributed by atoms with Gasteiger partial charge in [-0.2, -0.15) is 0 Å². The van der Waals surface area contributed by atoms with E-state index in [-0.39, 0.29) is 11.2 Å². The Hall–Kier alpha value is -4.32. The van der Waals surface area contributed by atoms with Crippen LogP contribution in [-0.2, 0) is 22.4 Å². The van der Waals surface area contributed by atoms with Gasteiger partial charge in [-0.05, 0) is 66.5 Å². The summed E-state index contributed by atoms with van der Waals surface area (Å²) in [5.41, 5.74) is 4.88. The summed E-state index contributed by atoms with van der Waals surface area (Å²) in [6.07, 6.45) is 2.58. The number of amides is 1. The summed E-state index contributed by atoms with van der Waals surface area (Å²) in [6.45, 7) is 6.26. The lowest BCUT2D eigenvalue weighted by atomic mass is 9.70. The van der Waals surface area contributed by atoms with Gasteiger partial charge in [-0.15, -0.1) is 0 Å². The maximum Gasteiger partial charge on any atom is 0.339 e. The number of rotatable bonds is 6. The van der Waals surface area contributed by atoms with Crippen molar-refractivity contribution in [3.8, 4) is 0 Å². The molecule has 6 heteroatoms. The molecule has 1 atom stereocenters. The number of carbonyl (C=O) groups excluding carboxylic acids is 3. The van der Waals surface area contributed by atoms with Crippen LogP contribution in [-0.4, -0.2) is 29.3 Å². The van der Waals surface area contributed by atoms with Crippen LogP contribution in [0.5, 0.6) is 0 Å². The van der Waals surface area contributed by atoms with E-state index in [1.54, 1.807) is 36.4 Å². The number of esters is 1. The van der Waals surface area contributed by atoms with E-state index in [0.29, 0.717) is 28.3 Å². The van der Waals surface area contributed by atoms with Crippen LogP contribution in [0, 0.1) is 11.3 Å². The van der Waals surface area contributed by atoms with E-state index in [4.69, 9.17) is 9.72 Å². The maximum absolute atomic E-state index is 13.4. The van der Waals surface area contributed by atoms with Crippen LogP contribution >= 0.6 is 0 Å². The topological polar surface area (TPSA) is 85.4 Å². The lowest BCUT2D eigenvalue weighted by Crippen LogP contribution is -2.29. The fourth-order valence-corrected chi connectivity index (χ4v) is 5.22. The van der Waals surface area contributed by atoms with Gasteiger partial charge in [0.1, 0.15) is 0 Å². The number of benzene rings is 3. The van der Waals surface area contributed by atoms with Crippen LogP contribution in [0.2, 0.25) is 0 Å². The van der Waals surface area contributed by atoms with Crippen LogP contribution in [0.4, 0.5) is 5.69 Å². The predicted molar refractivity (Wildman–Crippen MR) is 152 cm³/mol. The van der Waals surface area contributed by atoms with Gasteiger partial charge < -0.3 is 10.1 Å². The molecule has 0 spiro atoms. The summed E-state index contributed by atoms with van der Waals surface area (Å²) in [7, 11) is 0. The van der Waals surface area contributed by atoms with Crippen LogP contribution in [0.1, 0.15) is 64.7 Å². The third kappa shape index (κ3) is 5.75. The number of fused-ring (bicyclic) bond motifs is 2. The minimum atomic E-state index is -0.515. The number of aryl methyl sites for hydroxylation is 1. The number of nitrogens with one attached hydrogen (secondary N) is 1. The highest BCUT2D eigenvalue weighted by Crippen LogP contribution is 2.39. The molecule has 1 aromatic heterocycles. The van der Waals surface area contributed by atoms with Crippen LogP contribution in [0.25, 0.3) is 10.9 Å². The molecule has 4 aromatic rings. The molecule has 0 saturated heterocycles. The number of hydrogen-bond donors (Lipinski definition) is 1. The molecule has 3 aromatic carbocycles. The average molecular weight is 521 g/mol. The largest absolute Gasteiger partial charge is 0.452 e. The Morgan fingerprint density at radius 1 is 0.897 bits per heavy atom. The van der Waals surface area contributed by atoms with Crippen molar-refractivity contribution in [2.75, 3.05) is 11.9 Å². The van der Waals surface area contributed by atoms with Gasteiger partial charge in [0, 0.05) is 27.9 Å². The molecule has 1 unspecified atom stereocenters. The van der Waals surface area contributed by atoms with E-state index in [0.717, 1.165) is 41.4 Å². The van der Waals surface area contributed by atoms with Crippen molar-refractivity contribution in [3.05, 3.63) is 107 Å². The molecule has 0 radical (unpaired) electrons. The van der Waals surface area contributed by atoms with Crippen molar-refractivity contribution >= 4 is 34.3 Å². The molecule has 0 saturated carbocycles. The number of para-hydroxylation sites is 1. The Bertz CT molecular complexity index is 1540. The van der Waals surface area contributed by atoms with Crippen LogP contribution in [0.3, 0.4) is 0 Å². The van der Waals surface area contributed by atoms with Crippen molar-refractivity contribution in [2.24, 2.45) is 11.3 Å². The molecule has 0 aliphatic heterocycles. The number of hydrogen-bond acceptors (Lipinski definition) is 5. The third-order valence-corrected chi connectivity index (χ3v) is 7.49. The first-order valence-corrected chi connectivity index (χ1v) is 13.3. The van der Waals surface area contributed by atoms with Gasteiger partial charge in [-0.25, -0.2) is 4.79 Å². The number of pyridine rings is 1. The van der Waals surface area contributed by atoms with Crippen LogP contribution < -0.4 is 5.32 Å². The Labute approximate surface area is 228 Å². The van der Waals surface area contributed by atoms with Crippen LogP contribution in [0.15, 0.2) is 78.9 Å². The highest BCUT2D eigenvalue weighted by molar-refractivity contribution is 6.09. The quantitative estimate of drug-likeness (QED) is 0.234. The molecular weight excluding hydrogens is 488 g/mol. The Morgan fingerprint density at radius 3 is 2.28 bits per heavy atom. The molecule has 0 fully saturated rings. The highest BCUT2D eigenvalue weighted by atomic mass is 16.5. The summed E-state index contributed by atoms with van der Waals surface area (Å²) in [5, 5.41) is 3.49. The van der Waals surface area contributed by atoms with Gasteiger partial charge >= 0.3 is 5.97 Å². The fraction of sp³-hybridized carbons (Fsp3) is 0.273. The summed E-state index contributed by atoms with van der Waals surface area (Å²) in [6, 6.07) is 23.3. The summed E-state index contributed by atoms with van der Waals surface area (Å²) >= 11 is 0. The molecule has 1 N–H and O–H groups in total. The second-order valence-electron chi connectivity index (χ2n) is 11.1. The minimum absolute atomic E-state index is 0.0935. The van der Waals surface area contributed by atoms with E-state index in [1.807, 2.05) is 42.5 Å². The molecule has 0 bridgehead atoms. The van der Waals surface area contributed by atoms with Crippen molar-refractivity contribution in [1.29, 1.82) is 0 Å². The van der Waals surface area contributed by atoms with Gasteiger partial charge in [0.05, 0.1) is 11.1 Å². The minimum Gasteiger partial charge on any atom is -0.452 e. The zero-order valence-corrected chi connectivity index (χ0v) is 22.5. The van der Waals surface area contributed by atoms with Crippen molar-refractivity contribution in [2.45, 2.75) is 40.0 Å². The molecule has 1 aliphatic carbocycles. The molecule has 198 valence electrons. The SMILES string of the molecule is CC(C)(C)C1CCc2nc3ccccc3c(C(=O)OCC(=O)Nc3ccc(C(=O)c4ccccc4)cc3)c2C1. The number of nitrogens with zero attached hydrogens (tertiary/aromatic N) is 1. The predicted octanol–water partition coefficient (Wildman–Crippen LogP) is 6.41. The zero-order chi connectivity index (χ0) is 27.6. The molecule has 39 heavy (non-hydrogen) atoms. The average Bonchev–Trinajstić information content (AvgIpc) is 2.94. The molecule has 6 nitrogen and oxygen atoms in total. The number of aromatic nitrogens is 1. The summed E-state index contributed by atoms with van der Waals surface area (Å²) < 4.78 is 5.54. The van der Waals surface area contributed by atoms with Crippen molar-refractivity contribution in [1.82, 2.24) is 4.98 Å². The zero-order valence-electron chi connectivity index (χ0n) is 22.5. The maximum atomic E-state index is 13.4. The number of ether oxygens (including phenoxy) is 1. The second kappa shape index (κ2) is 10.8. The second-order valence-corrected chi connectivity index (χ2v) is 11.1. The summed E-state index contributed by atoms with van der Waals surface area (Å²) in [4.78, 5) is 43.6. The van der Waals surface area contributed by atoms with Gasteiger partial charge in [0.15, 0.2) is 12.4 Å². The smallest absolute Gasteiger partial charge is 0.339 e. The van der Waals surface area contributed by atoms with Gasteiger partial charge in [0.25, 0.3) is 5.91 Å². The molecule has 1 amide bonds.